The molecule has 0 saturated heterocycles. The van der Waals surface area contributed by atoms with Gasteiger partial charge in [0.05, 0.1) is 13.1 Å². The van der Waals surface area contributed by atoms with Gasteiger partial charge in [-0.25, -0.2) is 0 Å². The molecule has 1 aromatic rings. The van der Waals surface area contributed by atoms with E-state index >= 15 is 0 Å². The average Bonchev–Trinajstić information content (AvgIpc) is 2.75. The van der Waals surface area contributed by atoms with Gasteiger partial charge in [-0.3, -0.25) is 25.2 Å². The van der Waals surface area contributed by atoms with E-state index in [0.29, 0.717) is 17.8 Å². The van der Waals surface area contributed by atoms with Crippen molar-refractivity contribution in [2.45, 2.75) is 51.4 Å². The lowest BCUT2D eigenvalue weighted by Crippen LogP contribution is -2.55. The molecule has 3 N–H and O–H groups in total. The van der Waals surface area contributed by atoms with Crippen LogP contribution in [0.5, 0.6) is 0 Å². The number of rotatable bonds is 5. The van der Waals surface area contributed by atoms with Crippen molar-refractivity contribution < 1.29 is 14.4 Å². The third-order valence-electron chi connectivity index (χ3n) is 7.81. The SMILES string of the molecule is O=C(CNC(=O)C12CC3CC(CC(C3)C1)C2)NNC(=O)CN1CCCc2ccccc21. The number of carbonyl (C=O) groups excluding carboxylic acids is 3. The molecule has 1 aromatic carbocycles. The lowest BCUT2D eigenvalue weighted by atomic mass is 9.49. The van der Waals surface area contributed by atoms with Crippen LogP contribution < -0.4 is 21.1 Å². The first-order valence-electron chi connectivity index (χ1n) is 11.7. The van der Waals surface area contributed by atoms with E-state index in [9.17, 15) is 14.4 Å². The Morgan fingerprint density at radius 2 is 1.58 bits per heavy atom. The van der Waals surface area contributed by atoms with Gasteiger partial charge in [0.15, 0.2) is 0 Å². The fraction of sp³-hybridized carbons (Fsp3) is 0.625. The van der Waals surface area contributed by atoms with Gasteiger partial charge in [-0.2, -0.15) is 0 Å². The molecular formula is C24H32N4O3. The first kappa shape index (κ1) is 20.3. The maximum absolute atomic E-state index is 12.9. The van der Waals surface area contributed by atoms with Gasteiger partial charge in [-0.1, -0.05) is 18.2 Å². The third kappa shape index (κ3) is 4.14. The highest BCUT2D eigenvalue weighted by atomic mass is 16.2. The largest absolute Gasteiger partial charge is 0.362 e. The van der Waals surface area contributed by atoms with Gasteiger partial charge in [0.2, 0.25) is 5.91 Å². The molecule has 0 spiro atoms. The van der Waals surface area contributed by atoms with Crippen LogP contribution in [0.3, 0.4) is 0 Å². The molecule has 0 unspecified atom stereocenters. The Labute approximate surface area is 183 Å². The van der Waals surface area contributed by atoms with Crippen LogP contribution in [0.15, 0.2) is 24.3 Å². The maximum atomic E-state index is 12.9. The maximum Gasteiger partial charge on any atom is 0.257 e. The minimum Gasteiger partial charge on any atom is -0.362 e. The molecule has 7 heteroatoms. The highest BCUT2D eigenvalue weighted by Crippen LogP contribution is 2.60. The summed E-state index contributed by atoms with van der Waals surface area (Å²) in [4.78, 5) is 39.5. The predicted octanol–water partition coefficient (Wildman–Crippen LogP) is 1.92. The number of carbonyl (C=O) groups is 3. The Hall–Kier alpha value is -2.57. The van der Waals surface area contributed by atoms with Crippen molar-refractivity contribution in [3.05, 3.63) is 29.8 Å². The highest BCUT2D eigenvalue weighted by molar-refractivity contribution is 5.90. The quantitative estimate of drug-likeness (QED) is 0.630. The normalized spacial score (nSPS) is 30.5. The monoisotopic (exact) mass is 424 g/mol. The third-order valence-corrected chi connectivity index (χ3v) is 7.81. The van der Waals surface area contributed by atoms with Crippen LogP contribution in [0.25, 0.3) is 0 Å². The number of hydrogen-bond acceptors (Lipinski definition) is 4. The number of benzene rings is 1. The summed E-state index contributed by atoms with van der Waals surface area (Å²) in [6, 6.07) is 8.11. The van der Waals surface area contributed by atoms with E-state index in [1.165, 1.54) is 24.8 Å². The van der Waals surface area contributed by atoms with Crippen molar-refractivity contribution in [3.8, 4) is 0 Å². The molecule has 4 fully saturated rings. The number of aryl methyl sites for hydroxylation is 1. The van der Waals surface area contributed by atoms with Gasteiger partial charge in [-0.05, 0) is 80.8 Å². The summed E-state index contributed by atoms with van der Waals surface area (Å²) >= 11 is 0. The second-order valence-electron chi connectivity index (χ2n) is 10.1. The van der Waals surface area contributed by atoms with E-state index < -0.39 is 5.91 Å². The lowest BCUT2D eigenvalue weighted by molar-refractivity contribution is -0.147. The van der Waals surface area contributed by atoms with Gasteiger partial charge in [-0.15, -0.1) is 0 Å². The first-order chi connectivity index (χ1) is 15.0. The van der Waals surface area contributed by atoms with E-state index in [2.05, 4.69) is 22.2 Å². The van der Waals surface area contributed by atoms with Crippen LogP contribution >= 0.6 is 0 Å². The number of para-hydroxylation sites is 1. The van der Waals surface area contributed by atoms with E-state index in [-0.39, 0.29) is 30.3 Å². The molecule has 0 aromatic heterocycles. The molecule has 4 aliphatic carbocycles. The molecule has 0 radical (unpaired) electrons. The van der Waals surface area contributed by atoms with Crippen LogP contribution in [0.4, 0.5) is 5.69 Å². The van der Waals surface area contributed by atoms with Crippen molar-refractivity contribution in [1.29, 1.82) is 0 Å². The van der Waals surface area contributed by atoms with Crippen LogP contribution in [0.1, 0.15) is 50.5 Å². The predicted molar refractivity (Wildman–Crippen MR) is 117 cm³/mol. The van der Waals surface area contributed by atoms with Crippen LogP contribution in [0.2, 0.25) is 0 Å². The molecule has 0 atom stereocenters. The van der Waals surface area contributed by atoms with Crippen LogP contribution in [0, 0.1) is 23.2 Å². The van der Waals surface area contributed by atoms with Crippen molar-refractivity contribution in [2.24, 2.45) is 23.2 Å². The van der Waals surface area contributed by atoms with Crippen molar-refractivity contribution in [1.82, 2.24) is 16.2 Å². The number of nitrogens with zero attached hydrogens (tertiary/aromatic N) is 1. The number of hydrogen-bond donors (Lipinski definition) is 3. The van der Waals surface area contributed by atoms with Crippen molar-refractivity contribution >= 4 is 23.4 Å². The number of nitrogens with one attached hydrogen (secondary N) is 3. The fourth-order valence-electron chi connectivity index (χ4n) is 6.91. The average molecular weight is 425 g/mol. The summed E-state index contributed by atoms with van der Waals surface area (Å²) in [5, 5.41) is 2.84. The molecule has 4 bridgehead atoms. The molecule has 5 aliphatic rings. The van der Waals surface area contributed by atoms with E-state index in [0.717, 1.165) is 44.3 Å². The van der Waals surface area contributed by atoms with Crippen molar-refractivity contribution in [3.63, 3.8) is 0 Å². The van der Waals surface area contributed by atoms with Gasteiger partial charge in [0.1, 0.15) is 0 Å². The van der Waals surface area contributed by atoms with Gasteiger partial charge in [0.25, 0.3) is 11.8 Å². The Balaban J connectivity index is 1.07. The Morgan fingerprint density at radius 3 is 2.29 bits per heavy atom. The Morgan fingerprint density at radius 1 is 0.935 bits per heavy atom. The molecule has 6 rings (SSSR count). The minimum absolute atomic E-state index is 0.0259. The smallest absolute Gasteiger partial charge is 0.257 e. The second kappa shape index (κ2) is 8.17. The van der Waals surface area contributed by atoms with Gasteiger partial charge in [0, 0.05) is 17.6 Å². The molecule has 7 nitrogen and oxygen atoms in total. The number of amides is 3. The summed E-state index contributed by atoms with van der Waals surface area (Å²) in [5.41, 5.74) is 7.00. The van der Waals surface area contributed by atoms with E-state index in [1.807, 2.05) is 23.1 Å². The van der Waals surface area contributed by atoms with Gasteiger partial charge >= 0.3 is 0 Å². The van der Waals surface area contributed by atoms with E-state index in [1.54, 1.807) is 0 Å². The topological polar surface area (TPSA) is 90.5 Å². The van der Waals surface area contributed by atoms with Crippen LogP contribution in [-0.4, -0.2) is 37.4 Å². The number of hydrazine groups is 1. The summed E-state index contributed by atoms with van der Waals surface area (Å²) in [5.74, 6) is 1.42. The molecule has 3 amide bonds. The zero-order chi connectivity index (χ0) is 21.4. The standard InChI is InChI=1S/C24H32N4O3/c29-21(14-25-23(31)24-11-16-8-17(12-24)10-18(9-16)13-24)26-27-22(30)15-28-7-3-5-19-4-1-2-6-20(19)28/h1-2,4,6,16-18H,3,5,7-15H2,(H,25,31)(H,26,29)(H,27,30). The van der Waals surface area contributed by atoms with Crippen molar-refractivity contribution in [2.75, 3.05) is 24.5 Å². The second-order valence-corrected chi connectivity index (χ2v) is 10.1. The Kier molecular flexibility index (Phi) is 5.36. The summed E-state index contributed by atoms with van der Waals surface area (Å²) in [6.45, 7) is 0.907. The fourth-order valence-corrected chi connectivity index (χ4v) is 6.91. The van der Waals surface area contributed by atoms with Gasteiger partial charge < -0.3 is 10.2 Å². The minimum atomic E-state index is -0.398. The van der Waals surface area contributed by atoms with Crippen LogP contribution in [-0.2, 0) is 20.8 Å². The summed E-state index contributed by atoms with van der Waals surface area (Å²) in [7, 11) is 0. The summed E-state index contributed by atoms with van der Waals surface area (Å²) < 4.78 is 0. The molecule has 31 heavy (non-hydrogen) atoms. The number of fused-ring (bicyclic) bond motifs is 1. The lowest BCUT2D eigenvalue weighted by Gasteiger charge is -2.55. The first-order valence-corrected chi connectivity index (χ1v) is 11.7. The zero-order valence-electron chi connectivity index (χ0n) is 18.0. The molecule has 4 saturated carbocycles. The number of anilines is 1. The summed E-state index contributed by atoms with van der Waals surface area (Å²) in [6.07, 6.45) is 8.78. The Bertz CT molecular complexity index is 848. The zero-order valence-corrected chi connectivity index (χ0v) is 18.0. The molecule has 1 aliphatic heterocycles. The van der Waals surface area contributed by atoms with E-state index in [4.69, 9.17) is 0 Å². The molecule has 166 valence electrons. The molecule has 1 heterocycles. The molecular weight excluding hydrogens is 392 g/mol. The highest BCUT2D eigenvalue weighted by Gasteiger charge is 2.54.